The van der Waals surface area contributed by atoms with Crippen LogP contribution in [0.4, 0.5) is 11.4 Å². The number of hydrogen-bond acceptors (Lipinski definition) is 6. The molecule has 1 aliphatic rings. The molecule has 1 fully saturated rings. The number of aryl methyl sites for hydroxylation is 1. The number of nitrogens with zero attached hydrogens (tertiary/aromatic N) is 1. The van der Waals surface area contributed by atoms with Gasteiger partial charge in [-0.1, -0.05) is 17.7 Å². The molecule has 2 atom stereocenters. The first kappa shape index (κ1) is 24.9. The summed E-state index contributed by atoms with van der Waals surface area (Å²) >= 11 is 1.28. The normalized spacial score (nSPS) is 16.4. The van der Waals surface area contributed by atoms with E-state index in [1.165, 1.54) is 11.8 Å². The van der Waals surface area contributed by atoms with Crippen molar-refractivity contribution in [3.63, 3.8) is 0 Å². The largest absolute Gasteiger partial charge is 0.481 e. The third kappa shape index (κ3) is 6.82. The van der Waals surface area contributed by atoms with Gasteiger partial charge in [0.1, 0.15) is 11.1 Å². The van der Waals surface area contributed by atoms with Crippen LogP contribution in [0, 0.1) is 12.3 Å². The maximum Gasteiger partial charge on any atom is 0.300 e. The van der Waals surface area contributed by atoms with Crippen LogP contribution in [0.3, 0.4) is 0 Å². The van der Waals surface area contributed by atoms with E-state index in [1.807, 2.05) is 31.2 Å². The molecular formula is C22H26N4O5S. The summed E-state index contributed by atoms with van der Waals surface area (Å²) in [6.45, 7) is 3.58. The number of amidine groups is 1. The fourth-order valence-corrected chi connectivity index (χ4v) is 4.02. The number of thioether (sulfide) groups is 1. The Balaban J connectivity index is 0.000000837. The highest BCUT2D eigenvalue weighted by Gasteiger charge is 2.38. The number of hydrogen-bond donors (Lipinski definition) is 5. The number of amides is 2. The number of carbonyl (C=O) groups excluding carboxylic acids is 2. The number of benzene rings is 2. The van der Waals surface area contributed by atoms with Gasteiger partial charge in [-0.3, -0.25) is 19.8 Å². The number of carbonyl (C=O) groups is 3. The highest BCUT2D eigenvalue weighted by atomic mass is 32.2. The molecule has 0 aliphatic carbocycles. The standard InChI is InChI=1S/C20H22N4O3S.C2H4O2/c1-12-2-8-15(9-3-12)24-10-11-28-17(20(24)27)16(25)19(26)23-14-6-4-13(5-7-14)18(21)22;1-2(3)4/h2-9,16-17,25H,10-11H2,1H3,(H3,21,22)(H,23,26);1H3,(H,3,4). The number of nitrogens with two attached hydrogens (primary N) is 1. The molecule has 2 amide bonds. The zero-order valence-electron chi connectivity index (χ0n) is 17.7. The highest BCUT2D eigenvalue weighted by molar-refractivity contribution is 8.00. The Kier molecular flexibility index (Phi) is 8.80. The zero-order chi connectivity index (χ0) is 23.8. The lowest BCUT2D eigenvalue weighted by molar-refractivity contribution is -0.134. The van der Waals surface area contributed by atoms with E-state index in [0.29, 0.717) is 23.5 Å². The van der Waals surface area contributed by atoms with Crippen molar-refractivity contribution in [2.24, 2.45) is 5.73 Å². The molecule has 32 heavy (non-hydrogen) atoms. The zero-order valence-corrected chi connectivity index (χ0v) is 18.6. The number of aliphatic carboxylic acids is 1. The molecule has 0 radical (unpaired) electrons. The molecular weight excluding hydrogens is 432 g/mol. The molecule has 0 saturated carbocycles. The van der Waals surface area contributed by atoms with Crippen LogP contribution in [0.25, 0.3) is 0 Å². The smallest absolute Gasteiger partial charge is 0.300 e. The Morgan fingerprint density at radius 3 is 2.28 bits per heavy atom. The number of carboxylic acid groups (broad SMARTS) is 1. The molecule has 2 aromatic rings. The van der Waals surface area contributed by atoms with E-state index in [-0.39, 0.29) is 11.7 Å². The minimum atomic E-state index is -1.47. The van der Waals surface area contributed by atoms with Gasteiger partial charge < -0.3 is 26.2 Å². The van der Waals surface area contributed by atoms with E-state index < -0.39 is 23.2 Å². The number of nitrogen functional groups attached to an aromatic ring is 1. The van der Waals surface area contributed by atoms with Gasteiger partial charge in [0.15, 0.2) is 6.10 Å². The topological polar surface area (TPSA) is 157 Å². The number of rotatable bonds is 5. The summed E-state index contributed by atoms with van der Waals surface area (Å²) in [5.41, 5.74) is 8.24. The monoisotopic (exact) mass is 458 g/mol. The van der Waals surface area contributed by atoms with Gasteiger partial charge >= 0.3 is 0 Å². The molecule has 1 heterocycles. The van der Waals surface area contributed by atoms with Crippen LogP contribution in [0.5, 0.6) is 0 Å². The predicted molar refractivity (Wildman–Crippen MR) is 125 cm³/mol. The van der Waals surface area contributed by atoms with E-state index in [2.05, 4.69) is 5.32 Å². The second-order valence-corrected chi connectivity index (χ2v) is 8.31. The van der Waals surface area contributed by atoms with Crippen molar-refractivity contribution in [2.75, 3.05) is 22.5 Å². The maximum atomic E-state index is 12.9. The fourth-order valence-electron chi connectivity index (χ4n) is 2.90. The average molecular weight is 459 g/mol. The van der Waals surface area contributed by atoms with Gasteiger partial charge in [-0.25, -0.2) is 0 Å². The van der Waals surface area contributed by atoms with Gasteiger partial charge in [-0.2, -0.15) is 0 Å². The van der Waals surface area contributed by atoms with E-state index >= 15 is 0 Å². The average Bonchev–Trinajstić information content (AvgIpc) is 2.74. The minimum Gasteiger partial charge on any atom is -0.481 e. The van der Waals surface area contributed by atoms with E-state index in [0.717, 1.165) is 18.2 Å². The van der Waals surface area contributed by atoms with Crippen molar-refractivity contribution in [3.8, 4) is 0 Å². The molecule has 0 bridgehead atoms. The lowest BCUT2D eigenvalue weighted by Crippen LogP contribution is -2.51. The van der Waals surface area contributed by atoms with Gasteiger partial charge in [0, 0.05) is 36.2 Å². The SMILES string of the molecule is CC(=O)O.Cc1ccc(N2CCSC(C(O)C(=O)Nc3ccc(C(=N)N)cc3)C2=O)cc1. The van der Waals surface area contributed by atoms with Crippen molar-refractivity contribution in [3.05, 3.63) is 59.7 Å². The molecule has 170 valence electrons. The number of aliphatic hydroxyl groups excluding tert-OH is 1. The number of carboxylic acids is 1. The Bertz CT molecular complexity index is 975. The molecule has 1 saturated heterocycles. The fraction of sp³-hybridized carbons (Fsp3) is 0.273. The first-order valence-electron chi connectivity index (χ1n) is 9.72. The van der Waals surface area contributed by atoms with Crippen LogP contribution >= 0.6 is 11.8 Å². The van der Waals surface area contributed by atoms with Gasteiger partial charge in [0.2, 0.25) is 5.91 Å². The van der Waals surface area contributed by atoms with Crippen LogP contribution in [0.2, 0.25) is 0 Å². The highest BCUT2D eigenvalue weighted by Crippen LogP contribution is 2.28. The lowest BCUT2D eigenvalue weighted by atomic mass is 10.1. The third-order valence-corrected chi connectivity index (χ3v) is 5.72. The summed E-state index contributed by atoms with van der Waals surface area (Å²) in [6.07, 6.45) is -1.47. The molecule has 3 rings (SSSR count). The van der Waals surface area contributed by atoms with Crippen LogP contribution in [-0.4, -0.2) is 57.5 Å². The van der Waals surface area contributed by atoms with Crippen molar-refractivity contribution >= 4 is 46.8 Å². The predicted octanol–water partition coefficient (Wildman–Crippen LogP) is 1.82. The Hall–Kier alpha value is -3.37. The summed E-state index contributed by atoms with van der Waals surface area (Å²) in [6, 6.07) is 14.0. The summed E-state index contributed by atoms with van der Waals surface area (Å²) in [7, 11) is 0. The molecule has 1 aliphatic heterocycles. The van der Waals surface area contributed by atoms with Crippen LogP contribution in [0.15, 0.2) is 48.5 Å². The maximum absolute atomic E-state index is 12.9. The van der Waals surface area contributed by atoms with E-state index in [9.17, 15) is 14.7 Å². The Labute approximate surface area is 190 Å². The van der Waals surface area contributed by atoms with E-state index in [1.54, 1.807) is 29.2 Å². The van der Waals surface area contributed by atoms with Gasteiger partial charge in [0.25, 0.3) is 11.9 Å². The Morgan fingerprint density at radius 2 is 1.75 bits per heavy atom. The summed E-state index contributed by atoms with van der Waals surface area (Å²) in [4.78, 5) is 35.9. The molecule has 0 spiro atoms. The second kappa shape index (κ2) is 11.3. The summed E-state index contributed by atoms with van der Waals surface area (Å²) in [5, 5.41) is 27.0. The van der Waals surface area contributed by atoms with Crippen LogP contribution in [0.1, 0.15) is 18.1 Å². The molecule has 6 N–H and O–H groups in total. The first-order valence-corrected chi connectivity index (χ1v) is 10.8. The summed E-state index contributed by atoms with van der Waals surface area (Å²) < 4.78 is 0. The van der Waals surface area contributed by atoms with Gasteiger partial charge in [-0.05, 0) is 43.3 Å². The van der Waals surface area contributed by atoms with Crippen LogP contribution < -0.4 is 16.0 Å². The quantitative estimate of drug-likeness (QED) is 0.338. The first-order chi connectivity index (χ1) is 15.1. The van der Waals surface area contributed by atoms with Gasteiger partial charge in [-0.15, -0.1) is 11.8 Å². The van der Waals surface area contributed by atoms with Crippen molar-refractivity contribution in [1.82, 2.24) is 0 Å². The van der Waals surface area contributed by atoms with Crippen LogP contribution in [-0.2, 0) is 14.4 Å². The number of nitrogens with one attached hydrogen (secondary N) is 2. The molecule has 9 nitrogen and oxygen atoms in total. The molecule has 2 unspecified atom stereocenters. The second-order valence-electron chi connectivity index (χ2n) is 7.06. The molecule has 0 aromatic heterocycles. The van der Waals surface area contributed by atoms with E-state index in [4.69, 9.17) is 21.0 Å². The van der Waals surface area contributed by atoms with Crippen molar-refractivity contribution in [1.29, 1.82) is 5.41 Å². The molecule has 10 heteroatoms. The minimum absolute atomic E-state index is 0.0710. The van der Waals surface area contributed by atoms with Gasteiger partial charge in [0.05, 0.1) is 0 Å². The Morgan fingerprint density at radius 1 is 1.19 bits per heavy atom. The van der Waals surface area contributed by atoms with Crippen molar-refractivity contribution in [2.45, 2.75) is 25.2 Å². The summed E-state index contributed by atoms with van der Waals surface area (Å²) in [5.74, 6) is -1.21. The number of aliphatic hydroxyl groups is 1. The third-order valence-electron chi connectivity index (χ3n) is 4.49. The van der Waals surface area contributed by atoms with Crippen molar-refractivity contribution < 1.29 is 24.6 Å². The number of anilines is 2. The molecule has 2 aromatic carbocycles. The lowest BCUT2D eigenvalue weighted by Gasteiger charge is -2.33.